The van der Waals surface area contributed by atoms with E-state index < -0.39 is 11.6 Å². The molecular formula is C22H25NO4. The average molecular weight is 367 g/mol. The van der Waals surface area contributed by atoms with Crippen LogP contribution in [0.3, 0.4) is 0 Å². The summed E-state index contributed by atoms with van der Waals surface area (Å²) in [6, 6.07) is 7.14. The lowest BCUT2D eigenvalue weighted by atomic mass is 9.74. The van der Waals surface area contributed by atoms with Gasteiger partial charge in [-0.25, -0.2) is 4.79 Å². The molecule has 0 fully saturated rings. The quantitative estimate of drug-likeness (QED) is 0.607. The van der Waals surface area contributed by atoms with Gasteiger partial charge in [-0.05, 0) is 55.7 Å². The van der Waals surface area contributed by atoms with Crippen LogP contribution in [0.15, 0.2) is 30.5 Å². The van der Waals surface area contributed by atoms with Crippen LogP contribution in [0.2, 0.25) is 0 Å². The van der Waals surface area contributed by atoms with Gasteiger partial charge in [-0.2, -0.15) is 0 Å². The minimum Gasteiger partial charge on any atom is -0.465 e. The molecular weight excluding hydrogens is 342 g/mol. The molecule has 0 bridgehead atoms. The van der Waals surface area contributed by atoms with Crippen LogP contribution in [-0.2, 0) is 20.5 Å². The number of carbonyl (C=O) groups is 2. The lowest BCUT2D eigenvalue weighted by Crippen LogP contribution is -2.40. The zero-order chi connectivity index (χ0) is 20.0. The van der Waals surface area contributed by atoms with Gasteiger partial charge in [-0.3, -0.25) is 9.78 Å². The molecule has 0 amide bonds. The van der Waals surface area contributed by atoms with Gasteiger partial charge in [0.2, 0.25) is 5.78 Å². The molecule has 0 N–H and O–H groups in total. The molecule has 1 aromatic carbocycles. The second kappa shape index (κ2) is 6.57. The van der Waals surface area contributed by atoms with Crippen LogP contribution in [0, 0.1) is 6.92 Å². The first-order valence-electron chi connectivity index (χ1n) is 8.95. The number of aryl methyl sites for hydroxylation is 1. The number of hydrogen-bond donors (Lipinski definition) is 0. The summed E-state index contributed by atoms with van der Waals surface area (Å²) in [6.45, 7) is 10.9. The Kier molecular flexibility index (Phi) is 4.68. The Labute approximate surface area is 159 Å². The molecule has 27 heavy (non-hydrogen) atoms. The third kappa shape index (κ3) is 3.39. The van der Waals surface area contributed by atoms with Crippen molar-refractivity contribution in [3.05, 3.63) is 64.0 Å². The van der Waals surface area contributed by atoms with E-state index in [0.29, 0.717) is 23.4 Å². The van der Waals surface area contributed by atoms with Gasteiger partial charge in [0.1, 0.15) is 5.69 Å². The van der Waals surface area contributed by atoms with E-state index in [2.05, 4.69) is 37.4 Å². The number of hydrogen-bond acceptors (Lipinski definition) is 5. The number of ether oxygens (including phenoxy) is 2. The van der Waals surface area contributed by atoms with Crippen LogP contribution < -0.4 is 0 Å². The summed E-state index contributed by atoms with van der Waals surface area (Å²) in [7, 11) is 1.31. The molecule has 3 rings (SSSR count). The van der Waals surface area contributed by atoms with Crippen molar-refractivity contribution in [2.24, 2.45) is 0 Å². The van der Waals surface area contributed by atoms with Gasteiger partial charge in [0.05, 0.1) is 24.9 Å². The molecule has 0 aliphatic carbocycles. The Balaban J connectivity index is 2.05. The first-order valence-corrected chi connectivity index (χ1v) is 8.95. The Morgan fingerprint density at radius 2 is 1.81 bits per heavy atom. The van der Waals surface area contributed by atoms with Crippen molar-refractivity contribution in [2.45, 2.75) is 45.6 Å². The van der Waals surface area contributed by atoms with E-state index in [4.69, 9.17) is 4.74 Å². The number of pyridine rings is 1. The molecule has 142 valence electrons. The highest BCUT2D eigenvalue weighted by Crippen LogP contribution is 2.42. The van der Waals surface area contributed by atoms with E-state index in [9.17, 15) is 9.59 Å². The van der Waals surface area contributed by atoms with Crippen molar-refractivity contribution in [1.82, 2.24) is 4.98 Å². The van der Waals surface area contributed by atoms with Gasteiger partial charge in [-0.15, -0.1) is 0 Å². The van der Waals surface area contributed by atoms with Crippen LogP contribution in [-0.4, -0.2) is 30.5 Å². The summed E-state index contributed by atoms with van der Waals surface area (Å²) < 4.78 is 10.7. The molecule has 5 heteroatoms. The summed E-state index contributed by atoms with van der Waals surface area (Å²) >= 11 is 0. The normalized spacial score (nSPS) is 17.1. The van der Waals surface area contributed by atoms with Gasteiger partial charge in [0.15, 0.2) is 0 Å². The molecule has 0 saturated carbocycles. The highest BCUT2D eigenvalue weighted by atomic mass is 16.5. The summed E-state index contributed by atoms with van der Waals surface area (Å²) in [6.07, 6.45) is 1.37. The number of fused-ring (bicyclic) bond motifs is 1. The lowest BCUT2D eigenvalue weighted by molar-refractivity contribution is -0.0588. The van der Waals surface area contributed by atoms with E-state index in [0.717, 1.165) is 16.7 Å². The summed E-state index contributed by atoms with van der Waals surface area (Å²) in [5, 5.41) is 0. The number of aromatic nitrogens is 1. The van der Waals surface area contributed by atoms with Crippen molar-refractivity contribution in [1.29, 1.82) is 0 Å². The van der Waals surface area contributed by atoms with Crippen LogP contribution in [0.4, 0.5) is 0 Å². The third-order valence-corrected chi connectivity index (χ3v) is 5.20. The second-order valence-corrected chi connectivity index (χ2v) is 8.15. The maximum atomic E-state index is 13.1. The Morgan fingerprint density at radius 3 is 2.41 bits per heavy atom. The van der Waals surface area contributed by atoms with Crippen molar-refractivity contribution < 1.29 is 19.1 Å². The number of ketones is 1. The maximum Gasteiger partial charge on any atom is 0.339 e. The number of esters is 1. The topological polar surface area (TPSA) is 65.5 Å². The van der Waals surface area contributed by atoms with E-state index in [1.807, 2.05) is 19.1 Å². The van der Waals surface area contributed by atoms with Crippen molar-refractivity contribution in [2.75, 3.05) is 13.7 Å². The maximum absolute atomic E-state index is 13.1. The predicted molar refractivity (Wildman–Crippen MR) is 102 cm³/mol. The number of nitrogens with zero attached hydrogens (tertiary/aromatic N) is 1. The van der Waals surface area contributed by atoms with Gasteiger partial charge >= 0.3 is 5.97 Å². The Hall–Kier alpha value is -2.53. The largest absolute Gasteiger partial charge is 0.465 e. The standard InChI is InChI=1S/C22H25NO4/c1-13-9-17-16(21(2,3)12-27-22(17,4)5)10-15(13)19(24)18-8-7-14(11-23-18)20(25)26-6/h7-11H,12H2,1-6H3. The van der Waals surface area contributed by atoms with Crippen molar-refractivity contribution in [3.8, 4) is 0 Å². The number of methoxy groups -OCH3 is 1. The smallest absolute Gasteiger partial charge is 0.339 e. The van der Waals surface area contributed by atoms with Crippen LogP contribution in [0.25, 0.3) is 0 Å². The monoisotopic (exact) mass is 367 g/mol. The molecule has 0 atom stereocenters. The number of rotatable bonds is 3. The molecule has 0 spiro atoms. The van der Waals surface area contributed by atoms with Crippen LogP contribution in [0.1, 0.15) is 70.8 Å². The lowest BCUT2D eigenvalue weighted by Gasteiger charge is -2.42. The number of benzene rings is 1. The SMILES string of the molecule is COC(=O)c1ccc(C(=O)c2cc3c(cc2C)C(C)(C)OCC3(C)C)nc1. The minimum absolute atomic E-state index is 0.160. The van der Waals surface area contributed by atoms with Crippen molar-refractivity contribution in [3.63, 3.8) is 0 Å². The zero-order valence-electron chi connectivity index (χ0n) is 16.7. The summed E-state index contributed by atoms with van der Waals surface area (Å²) in [4.78, 5) is 28.8. The van der Waals surface area contributed by atoms with E-state index in [1.165, 1.54) is 13.3 Å². The first-order chi connectivity index (χ1) is 12.6. The fraction of sp³-hybridized carbons (Fsp3) is 0.409. The van der Waals surface area contributed by atoms with Crippen molar-refractivity contribution >= 4 is 11.8 Å². The van der Waals surface area contributed by atoms with Gasteiger partial charge in [-0.1, -0.05) is 19.9 Å². The molecule has 0 radical (unpaired) electrons. The minimum atomic E-state index is -0.476. The molecule has 5 nitrogen and oxygen atoms in total. The van der Waals surface area contributed by atoms with E-state index >= 15 is 0 Å². The Bertz CT molecular complexity index is 911. The first kappa shape index (κ1) is 19.2. The van der Waals surface area contributed by atoms with Gasteiger partial charge in [0, 0.05) is 17.2 Å². The highest BCUT2D eigenvalue weighted by molar-refractivity contribution is 6.09. The zero-order valence-corrected chi connectivity index (χ0v) is 16.7. The molecule has 0 saturated heterocycles. The van der Waals surface area contributed by atoms with Crippen LogP contribution >= 0.6 is 0 Å². The average Bonchev–Trinajstić information content (AvgIpc) is 2.64. The Morgan fingerprint density at radius 1 is 1.11 bits per heavy atom. The van der Waals surface area contributed by atoms with E-state index in [1.54, 1.807) is 12.1 Å². The summed E-state index contributed by atoms with van der Waals surface area (Å²) in [5.74, 6) is -0.637. The fourth-order valence-corrected chi connectivity index (χ4v) is 3.43. The molecule has 2 heterocycles. The summed E-state index contributed by atoms with van der Waals surface area (Å²) in [5.41, 5.74) is 3.78. The molecule has 2 aromatic rings. The predicted octanol–water partition coefficient (Wildman–Crippen LogP) is 3.95. The third-order valence-electron chi connectivity index (χ3n) is 5.20. The van der Waals surface area contributed by atoms with Gasteiger partial charge in [0.25, 0.3) is 0 Å². The van der Waals surface area contributed by atoms with Crippen LogP contribution in [0.5, 0.6) is 0 Å². The fourth-order valence-electron chi connectivity index (χ4n) is 3.43. The molecule has 0 unspecified atom stereocenters. The molecule has 1 aliphatic rings. The molecule has 1 aromatic heterocycles. The van der Waals surface area contributed by atoms with Gasteiger partial charge < -0.3 is 9.47 Å². The highest BCUT2D eigenvalue weighted by Gasteiger charge is 2.38. The number of carbonyl (C=O) groups excluding carboxylic acids is 2. The molecule has 1 aliphatic heterocycles. The van der Waals surface area contributed by atoms with E-state index in [-0.39, 0.29) is 11.2 Å². The second-order valence-electron chi connectivity index (χ2n) is 8.15.